The maximum Gasteiger partial charge on any atom is 0.308 e. The highest BCUT2D eigenvalue weighted by molar-refractivity contribution is 5.75. The maximum absolute atomic E-state index is 12.4. The minimum absolute atomic E-state index is 0.0346. The standard InChI is InChI=1S/C24H44O4/c1-5-7-12-20(6-2)18-28-24(26)22-15-13-21(14-16-22)23(25)27-17-10-8-9-11-19(3)4/h19-22H,5-18H2,1-4H3. The van der Waals surface area contributed by atoms with Crippen LogP contribution in [-0.4, -0.2) is 25.2 Å². The van der Waals surface area contributed by atoms with E-state index in [9.17, 15) is 9.59 Å². The van der Waals surface area contributed by atoms with Gasteiger partial charge in [0.25, 0.3) is 0 Å². The topological polar surface area (TPSA) is 52.6 Å². The van der Waals surface area contributed by atoms with Crippen molar-refractivity contribution in [2.24, 2.45) is 23.7 Å². The normalized spacial score (nSPS) is 20.8. The van der Waals surface area contributed by atoms with Crippen LogP contribution in [-0.2, 0) is 19.1 Å². The van der Waals surface area contributed by atoms with E-state index in [1.807, 2.05) is 0 Å². The Morgan fingerprint density at radius 2 is 1.43 bits per heavy atom. The molecule has 4 heteroatoms. The van der Waals surface area contributed by atoms with Gasteiger partial charge in [-0.2, -0.15) is 0 Å². The second-order valence-corrected chi connectivity index (χ2v) is 9.01. The smallest absolute Gasteiger partial charge is 0.308 e. The summed E-state index contributed by atoms with van der Waals surface area (Å²) in [7, 11) is 0. The summed E-state index contributed by atoms with van der Waals surface area (Å²) in [6, 6.07) is 0. The summed E-state index contributed by atoms with van der Waals surface area (Å²) in [4.78, 5) is 24.6. The van der Waals surface area contributed by atoms with Gasteiger partial charge in [0, 0.05) is 0 Å². The number of hydrogen-bond donors (Lipinski definition) is 0. The fourth-order valence-electron chi connectivity index (χ4n) is 3.90. The minimum atomic E-state index is -0.0683. The van der Waals surface area contributed by atoms with E-state index in [-0.39, 0.29) is 23.8 Å². The summed E-state index contributed by atoms with van der Waals surface area (Å²) >= 11 is 0. The number of rotatable bonds is 14. The number of hydrogen-bond acceptors (Lipinski definition) is 4. The summed E-state index contributed by atoms with van der Waals surface area (Å²) in [5.74, 6) is 1.02. The number of ether oxygens (including phenoxy) is 2. The first-order valence-corrected chi connectivity index (χ1v) is 11.8. The van der Waals surface area contributed by atoms with Gasteiger partial charge < -0.3 is 9.47 Å². The van der Waals surface area contributed by atoms with Gasteiger partial charge in [-0.15, -0.1) is 0 Å². The Morgan fingerprint density at radius 3 is 1.96 bits per heavy atom. The molecule has 0 saturated heterocycles. The van der Waals surface area contributed by atoms with E-state index in [1.165, 1.54) is 25.7 Å². The lowest BCUT2D eigenvalue weighted by atomic mass is 9.82. The van der Waals surface area contributed by atoms with E-state index in [2.05, 4.69) is 27.7 Å². The molecule has 1 fully saturated rings. The summed E-state index contributed by atoms with van der Waals surface area (Å²) in [6.07, 6.45) is 12.1. The quantitative estimate of drug-likeness (QED) is 0.255. The number of unbranched alkanes of at least 4 members (excludes halogenated alkanes) is 3. The van der Waals surface area contributed by atoms with Gasteiger partial charge in [0.15, 0.2) is 0 Å². The second kappa shape index (κ2) is 14.9. The first kappa shape index (κ1) is 25.0. The van der Waals surface area contributed by atoms with Gasteiger partial charge in [-0.3, -0.25) is 9.59 Å². The molecule has 28 heavy (non-hydrogen) atoms. The number of esters is 2. The highest BCUT2D eigenvalue weighted by Crippen LogP contribution is 2.30. The average Bonchev–Trinajstić information content (AvgIpc) is 2.70. The minimum Gasteiger partial charge on any atom is -0.465 e. The van der Waals surface area contributed by atoms with Crippen molar-refractivity contribution in [3.63, 3.8) is 0 Å². The van der Waals surface area contributed by atoms with Crippen molar-refractivity contribution in [1.29, 1.82) is 0 Å². The molecule has 0 radical (unpaired) electrons. The van der Waals surface area contributed by atoms with Crippen molar-refractivity contribution >= 4 is 11.9 Å². The lowest BCUT2D eigenvalue weighted by Crippen LogP contribution is -2.29. The third-order valence-corrected chi connectivity index (χ3v) is 6.07. The Kier molecular flexibility index (Phi) is 13.3. The Morgan fingerprint density at radius 1 is 0.821 bits per heavy atom. The molecule has 1 rings (SSSR count). The fraction of sp³-hybridized carbons (Fsp3) is 0.917. The first-order chi connectivity index (χ1) is 13.5. The summed E-state index contributed by atoms with van der Waals surface area (Å²) in [5.41, 5.74) is 0. The summed E-state index contributed by atoms with van der Waals surface area (Å²) < 4.78 is 11.1. The molecule has 0 N–H and O–H groups in total. The van der Waals surface area contributed by atoms with E-state index in [0.717, 1.165) is 57.3 Å². The molecule has 0 aromatic heterocycles. The van der Waals surface area contributed by atoms with Gasteiger partial charge in [0.2, 0.25) is 0 Å². The van der Waals surface area contributed by atoms with Crippen LogP contribution in [0.5, 0.6) is 0 Å². The van der Waals surface area contributed by atoms with Gasteiger partial charge in [-0.1, -0.05) is 66.2 Å². The van der Waals surface area contributed by atoms with Crippen LogP contribution in [0, 0.1) is 23.7 Å². The Balaban J connectivity index is 2.17. The molecule has 1 unspecified atom stereocenters. The van der Waals surface area contributed by atoms with Crippen molar-refractivity contribution in [2.75, 3.05) is 13.2 Å². The highest BCUT2D eigenvalue weighted by atomic mass is 16.5. The fourth-order valence-corrected chi connectivity index (χ4v) is 3.90. The molecule has 0 amide bonds. The van der Waals surface area contributed by atoms with Gasteiger partial charge in [-0.25, -0.2) is 0 Å². The zero-order valence-corrected chi connectivity index (χ0v) is 18.8. The van der Waals surface area contributed by atoms with Crippen LogP contribution in [0.3, 0.4) is 0 Å². The van der Waals surface area contributed by atoms with Crippen LogP contribution in [0.25, 0.3) is 0 Å². The Labute approximate surface area is 173 Å². The zero-order valence-electron chi connectivity index (χ0n) is 18.8. The summed E-state index contributed by atoms with van der Waals surface area (Å²) in [5, 5.41) is 0. The van der Waals surface area contributed by atoms with E-state index in [0.29, 0.717) is 19.1 Å². The largest absolute Gasteiger partial charge is 0.465 e. The van der Waals surface area contributed by atoms with E-state index >= 15 is 0 Å². The Hall–Kier alpha value is -1.06. The molecule has 0 aromatic rings. The Bertz CT molecular complexity index is 424. The number of carbonyl (C=O) groups excluding carboxylic acids is 2. The lowest BCUT2D eigenvalue weighted by Gasteiger charge is -2.26. The van der Waals surface area contributed by atoms with Crippen molar-refractivity contribution in [3.8, 4) is 0 Å². The van der Waals surface area contributed by atoms with E-state index in [4.69, 9.17) is 9.47 Å². The van der Waals surface area contributed by atoms with Crippen LogP contribution in [0.2, 0.25) is 0 Å². The molecule has 164 valence electrons. The third-order valence-electron chi connectivity index (χ3n) is 6.07. The molecule has 1 atom stereocenters. The molecule has 1 aliphatic carbocycles. The van der Waals surface area contributed by atoms with Crippen LogP contribution in [0.1, 0.15) is 105 Å². The molecule has 0 heterocycles. The molecular weight excluding hydrogens is 352 g/mol. The highest BCUT2D eigenvalue weighted by Gasteiger charge is 2.31. The average molecular weight is 397 g/mol. The molecule has 0 aliphatic heterocycles. The molecular formula is C24H44O4. The van der Waals surface area contributed by atoms with Gasteiger partial charge in [-0.05, 0) is 50.4 Å². The van der Waals surface area contributed by atoms with Crippen LogP contribution in [0.4, 0.5) is 0 Å². The molecule has 4 nitrogen and oxygen atoms in total. The molecule has 1 aliphatic rings. The van der Waals surface area contributed by atoms with Gasteiger partial charge in [0.1, 0.15) is 0 Å². The van der Waals surface area contributed by atoms with Gasteiger partial charge in [0.05, 0.1) is 25.0 Å². The zero-order chi connectivity index (χ0) is 20.8. The predicted molar refractivity (Wildman–Crippen MR) is 114 cm³/mol. The molecule has 0 spiro atoms. The van der Waals surface area contributed by atoms with E-state index < -0.39 is 0 Å². The predicted octanol–water partition coefficient (Wildman–Crippen LogP) is 6.31. The van der Waals surface area contributed by atoms with Crippen molar-refractivity contribution in [2.45, 2.75) is 105 Å². The number of carbonyl (C=O) groups is 2. The maximum atomic E-state index is 12.4. The SMILES string of the molecule is CCCCC(CC)COC(=O)C1CCC(C(=O)OCCCCCC(C)C)CC1. The summed E-state index contributed by atoms with van der Waals surface area (Å²) in [6.45, 7) is 9.91. The van der Waals surface area contributed by atoms with Crippen molar-refractivity contribution in [3.05, 3.63) is 0 Å². The van der Waals surface area contributed by atoms with Crippen LogP contribution < -0.4 is 0 Å². The van der Waals surface area contributed by atoms with Crippen LogP contribution in [0.15, 0.2) is 0 Å². The lowest BCUT2D eigenvalue weighted by molar-refractivity contribution is -0.156. The molecule has 0 bridgehead atoms. The third kappa shape index (κ3) is 10.5. The van der Waals surface area contributed by atoms with Gasteiger partial charge >= 0.3 is 11.9 Å². The van der Waals surface area contributed by atoms with Crippen LogP contribution >= 0.6 is 0 Å². The monoisotopic (exact) mass is 396 g/mol. The molecule has 0 aromatic carbocycles. The van der Waals surface area contributed by atoms with Crippen molar-refractivity contribution in [1.82, 2.24) is 0 Å². The van der Waals surface area contributed by atoms with E-state index in [1.54, 1.807) is 0 Å². The molecule has 1 saturated carbocycles. The first-order valence-electron chi connectivity index (χ1n) is 11.8. The second-order valence-electron chi connectivity index (χ2n) is 9.01. The van der Waals surface area contributed by atoms with Crippen molar-refractivity contribution < 1.29 is 19.1 Å².